The van der Waals surface area contributed by atoms with Gasteiger partial charge in [-0.15, -0.1) is 11.8 Å². The van der Waals surface area contributed by atoms with Crippen molar-refractivity contribution in [3.8, 4) is 0 Å². The minimum atomic E-state index is -0.201. The summed E-state index contributed by atoms with van der Waals surface area (Å²) < 4.78 is 13.1. The van der Waals surface area contributed by atoms with E-state index < -0.39 is 0 Å². The van der Waals surface area contributed by atoms with E-state index in [2.05, 4.69) is 6.92 Å². The zero-order valence-corrected chi connectivity index (χ0v) is 12.8. The van der Waals surface area contributed by atoms with Crippen molar-refractivity contribution in [2.24, 2.45) is 0 Å². The molecule has 0 spiro atoms. The van der Waals surface area contributed by atoms with Gasteiger partial charge in [-0.25, -0.2) is 4.39 Å². The lowest BCUT2D eigenvalue weighted by atomic mass is 10.1. The lowest BCUT2D eigenvalue weighted by Crippen LogP contribution is -1.90. The van der Waals surface area contributed by atoms with E-state index in [4.69, 9.17) is 5.73 Å². The molecular formula is C16H26FNS. The van der Waals surface area contributed by atoms with Gasteiger partial charge in [-0.05, 0) is 30.4 Å². The van der Waals surface area contributed by atoms with Gasteiger partial charge in [-0.3, -0.25) is 0 Å². The lowest BCUT2D eigenvalue weighted by Gasteiger charge is -2.05. The number of unbranched alkanes of at least 4 members (excludes halogenated alkanes) is 7. The van der Waals surface area contributed by atoms with Crippen LogP contribution < -0.4 is 5.73 Å². The Labute approximate surface area is 121 Å². The second-order valence-corrected chi connectivity index (χ2v) is 6.14. The molecule has 1 aromatic carbocycles. The highest BCUT2D eigenvalue weighted by molar-refractivity contribution is 7.99. The normalized spacial score (nSPS) is 10.8. The summed E-state index contributed by atoms with van der Waals surface area (Å²) in [6.07, 6.45) is 10.6. The van der Waals surface area contributed by atoms with Gasteiger partial charge >= 0.3 is 0 Å². The third-order valence-corrected chi connectivity index (χ3v) is 4.39. The quantitative estimate of drug-likeness (QED) is 0.341. The molecule has 0 aromatic heterocycles. The Bertz CT molecular complexity index is 355. The molecule has 1 rings (SSSR count). The molecule has 0 heterocycles. The fourth-order valence-electron chi connectivity index (χ4n) is 2.05. The van der Waals surface area contributed by atoms with Gasteiger partial charge in [-0.1, -0.05) is 51.9 Å². The van der Waals surface area contributed by atoms with Crippen LogP contribution in [0.5, 0.6) is 0 Å². The molecule has 0 atom stereocenters. The lowest BCUT2D eigenvalue weighted by molar-refractivity contribution is 0.586. The average molecular weight is 283 g/mol. The van der Waals surface area contributed by atoms with Crippen LogP contribution in [0.2, 0.25) is 0 Å². The zero-order chi connectivity index (χ0) is 13.9. The van der Waals surface area contributed by atoms with Gasteiger partial charge in [0.25, 0.3) is 0 Å². The Morgan fingerprint density at radius 1 is 1.00 bits per heavy atom. The molecule has 3 heteroatoms. The Balaban J connectivity index is 2.03. The van der Waals surface area contributed by atoms with E-state index in [0.29, 0.717) is 5.69 Å². The van der Waals surface area contributed by atoms with Crippen LogP contribution in [0.3, 0.4) is 0 Å². The van der Waals surface area contributed by atoms with Crippen LogP contribution in [-0.2, 0) is 0 Å². The van der Waals surface area contributed by atoms with Crippen molar-refractivity contribution in [1.29, 1.82) is 0 Å². The number of halogens is 1. The number of hydrogen-bond acceptors (Lipinski definition) is 2. The summed E-state index contributed by atoms with van der Waals surface area (Å²) in [7, 11) is 0. The molecule has 1 aromatic rings. The monoisotopic (exact) mass is 283 g/mol. The maximum absolute atomic E-state index is 13.1. The first-order chi connectivity index (χ1) is 9.24. The molecule has 108 valence electrons. The average Bonchev–Trinajstić information content (AvgIpc) is 2.40. The number of thioether (sulfide) groups is 1. The van der Waals surface area contributed by atoms with E-state index in [1.54, 1.807) is 17.8 Å². The number of benzene rings is 1. The van der Waals surface area contributed by atoms with Gasteiger partial charge in [0, 0.05) is 10.6 Å². The highest BCUT2D eigenvalue weighted by atomic mass is 32.2. The number of hydrogen-bond donors (Lipinski definition) is 1. The van der Waals surface area contributed by atoms with Crippen molar-refractivity contribution in [2.45, 2.75) is 63.2 Å². The maximum atomic E-state index is 13.1. The van der Waals surface area contributed by atoms with Crippen molar-refractivity contribution in [2.75, 3.05) is 11.5 Å². The molecule has 0 saturated carbocycles. The van der Waals surface area contributed by atoms with Gasteiger partial charge in [0.15, 0.2) is 0 Å². The molecule has 0 amide bonds. The Kier molecular flexibility index (Phi) is 8.72. The number of nitrogen functional groups attached to an aromatic ring is 1. The molecule has 0 aliphatic heterocycles. The van der Waals surface area contributed by atoms with E-state index in [9.17, 15) is 4.39 Å². The standard InChI is InChI=1S/C16H26FNS/c1-2-3-4-5-6-7-8-9-12-19-16-13-14(17)10-11-15(16)18/h10-11,13H,2-9,12,18H2,1H3. The first-order valence-electron chi connectivity index (χ1n) is 7.42. The van der Waals surface area contributed by atoms with Crippen molar-refractivity contribution in [3.63, 3.8) is 0 Å². The third-order valence-electron chi connectivity index (χ3n) is 3.23. The van der Waals surface area contributed by atoms with E-state index >= 15 is 0 Å². The summed E-state index contributed by atoms with van der Waals surface area (Å²) in [5.41, 5.74) is 6.50. The fourth-order valence-corrected chi connectivity index (χ4v) is 3.05. The largest absolute Gasteiger partial charge is 0.398 e. The van der Waals surface area contributed by atoms with Gasteiger partial charge in [0.2, 0.25) is 0 Å². The van der Waals surface area contributed by atoms with Crippen LogP contribution in [0.25, 0.3) is 0 Å². The Morgan fingerprint density at radius 3 is 2.32 bits per heavy atom. The second kappa shape index (κ2) is 10.1. The first-order valence-corrected chi connectivity index (χ1v) is 8.40. The highest BCUT2D eigenvalue weighted by Gasteiger charge is 2.01. The maximum Gasteiger partial charge on any atom is 0.124 e. The topological polar surface area (TPSA) is 26.0 Å². The van der Waals surface area contributed by atoms with Gasteiger partial charge in [0.05, 0.1) is 0 Å². The van der Waals surface area contributed by atoms with E-state index in [1.165, 1.54) is 63.5 Å². The van der Waals surface area contributed by atoms with E-state index in [-0.39, 0.29) is 5.82 Å². The smallest absolute Gasteiger partial charge is 0.124 e. The number of nitrogens with two attached hydrogens (primary N) is 1. The molecule has 0 fully saturated rings. The third kappa shape index (κ3) is 7.46. The van der Waals surface area contributed by atoms with E-state index in [0.717, 1.165) is 10.6 Å². The summed E-state index contributed by atoms with van der Waals surface area (Å²) in [5, 5.41) is 0. The first kappa shape index (κ1) is 16.4. The summed E-state index contributed by atoms with van der Waals surface area (Å²) in [6, 6.07) is 4.59. The minimum Gasteiger partial charge on any atom is -0.398 e. The molecule has 0 unspecified atom stereocenters. The van der Waals surface area contributed by atoms with Gasteiger partial charge in [0.1, 0.15) is 5.82 Å². The van der Waals surface area contributed by atoms with Crippen molar-refractivity contribution >= 4 is 17.4 Å². The van der Waals surface area contributed by atoms with Crippen LogP contribution >= 0.6 is 11.8 Å². The van der Waals surface area contributed by atoms with Crippen LogP contribution in [0.15, 0.2) is 23.1 Å². The number of rotatable bonds is 10. The van der Waals surface area contributed by atoms with Crippen LogP contribution in [0.4, 0.5) is 10.1 Å². The Morgan fingerprint density at radius 2 is 1.63 bits per heavy atom. The van der Waals surface area contributed by atoms with E-state index in [1.807, 2.05) is 0 Å². The SMILES string of the molecule is CCCCCCCCCCSc1cc(F)ccc1N. The van der Waals surface area contributed by atoms with Crippen molar-refractivity contribution in [3.05, 3.63) is 24.0 Å². The summed E-state index contributed by atoms with van der Waals surface area (Å²) in [5.74, 6) is 0.829. The predicted octanol–water partition coefficient (Wildman–Crippen LogP) is 5.64. The molecular weight excluding hydrogens is 257 g/mol. The molecule has 2 N–H and O–H groups in total. The molecule has 0 radical (unpaired) electrons. The molecule has 0 bridgehead atoms. The predicted molar refractivity (Wildman–Crippen MR) is 84.1 cm³/mol. The molecule has 0 aliphatic rings. The summed E-state index contributed by atoms with van der Waals surface area (Å²) >= 11 is 1.67. The molecule has 19 heavy (non-hydrogen) atoms. The summed E-state index contributed by atoms with van der Waals surface area (Å²) in [6.45, 7) is 2.25. The fraction of sp³-hybridized carbons (Fsp3) is 0.625. The zero-order valence-electron chi connectivity index (χ0n) is 12.0. The minimum absolute atomic E-state index is 0.201. The van der Waals surface area contributed by atoms with Crippen LogP contribution in [-0.4, -0.2) is 5.75 Å². The number of anilines is 1. The van der Waals surface area contributed by atoms with Crippen molar-refractivity contribution < 1.29 is 4.39 Å². The van der Waals surface area contributed by atoms with Gasteiger partial charge < -0.3 is 5.73 Å². The van der Waals surface area contributed by atoms with Crippen LogP contribution in [0.1, 0.15) is 58.3 Å². The molecule has 0 saturated heterocycles. The Hall–Kier alpha value is -0.700. The highest BCUT2D eigenvalue weighted by Crippen LogP contribution is 2.26. The molecule has 0 aliphatic carbocycles. The summed E-state index contributed by atoms with van der Waals surface area (Å²) in [4.78, 5) is 0.878. The van der Waals surface area contributed by atoms with Gasteiger partial charge in [-0.2, -0.15) is 0 Å². The second-order valence-electron chi connectivity index (χ2n) is 5.01. The van der Waals surface area contributed by atoms with Crippen LogP contribution in [0, 0.1) is 5.82 Å². The molecule has 1 nitrogen and oxygen atoms in total. The van der Waals surface area contributed by atoms with Crippen molar-refractivity contribution in [1.82, 2.24) is 0 Å².